The molecule has 10 fully saturated rings. The van der Waals surface area contributed by atoms with E-state index in [1.54, 1.807) is 7.11 Å². The lowest BCUT2D eigenvalue weighted by Gasteiger charge is -2.47. The van der Waals surface area contributed by atoms with Gasteiger partial charge in [0.05, 0.1) is 73.8 Å². The lowest BCUT2D eigenvalue weighted by Crippen LogP contribution is -2.61. The molecular weight excluding hydrogens is 706 g/mol. The Hall–Kier alpha value is -1.29. The molecule has 10 aliphatic heterocycles. The van der Waals surface area contributed by atoms with Gasteiger partial charge in [-0.1, -0.05) is 20.1 Å². The van der Waals surface area contributed by atoms with E-state index in [1.807, 2.05) is 0 Å². The highest BCUT2D eigenvalue weighted by Gasteiger charge is 2.68. The first-order chi connectivity index (χ1) is 26.6. The summed E-state index contributed by atoms with van der Waals surface area (Å²) in [5.74, 6) is -0.127. The molecule has 12 nitrogen and oxygen atoms in total. The van der Waals surface area contributed by atoms with Gasteiger partial charge in [0.2, 0.25) is 0 Å². The lowest BCUT2D eigenvalue weighted by molar-refractivity contribution is -0.292. The van der Waals surface area contributed by atoms with Gasteiger partial charge in [0.1, 0.15) is 36.3 Å². The van der Waals surface area contributed by atoms with Gasteiger partial charge in [-0.15, -0.1) is 0 Å². The van der Waals surface area contributed by atoms with Crippen LogP contribution in [0.15, 0.2) is 24.3 Å². The zero-order valence-electron chi connectivity index (χ0n) is 33.4. The average molecular weight is 772 g/mol. The molecule has 0 radical (unpaired) electrons. The molecule has 10 saturated heterocycles. The van der Waals surface area contributed by atoms with E-state index in [9.17, 15) is 4.79 Å². The Labute approximate surface area is 326 Å². The van der Waals surface area contributed by atoms with Crippen molar-refractivity contribution in [3.05, 3.63) is 24.3 Å². The summed E-state index contributed by atoms with van der Waals surface area (Å²) in [4.78, 5) is 13.7. The predicted octanol–water partition coefficient (Wildman–Crippen LogP) is 4.74. The summed E-state index contributed by atoms with van der Waals surface area (Å²) in [7, 11) is 1.72. The van der Waals surface area contributed by atoms with E-state index in [4.69, 9.17) is 47.4 Å². The van der Waals surface area contributed by atoms with Gasteiger partial charge in [0.25, 0.3) is 0 Å². The largest absolute Gasteiger partial charge is 0.378 e. The third kappa shape index (κ3) is 7.81. The van der Waals surface area contributed by atoms with E-state index in [-0.39, 0.29) is 109 Å². The number of hydrogen-bond acceptors (Lipinski definition) is 12. The predicted molar refractivity (Wildman–Crippen MR) is 201 cm³/mol. The van der Waals surface area contributed by atoms with E-state index in [0.29, 0.717) is 38.2 Å². The highest BCUT2D eigenvalue weighted by Crippen LogP contribution is 2.54. The smallest absolute Gasteiger partial charge is 0.172 e. The maximum atomic E-state index is 13.7. The second-order valence-corrected chi connectivity index (χ2v) is 18.3. The fourth-order valence-electron chi connectivity index (χ4n) is 11.6. The first kappa shape index (κ1) is 39.2. The van der Waals surface area contributed by atoms with Crippen LogP contribution in [0, 0.1) is 11.8 Å². The minimum absolute atomic E-state index is 0.0114. The van der Waals surface area contributed by atoms with Crippen molar-refractivity contribution in [2.45, 2.75) is 201 Å². The van der Waals surface area contributed by atoms with Crippen LogP contribution in [-0.2, 0) is 52.2 Å². The number of fused-ring (bicyclic) bond motifs is 1. The van der Waals surface area contributed by atoms with Crippen LogP contribution in [0.25, 0.3) is 0 Å². The summed E-state index contributed by atoms with van der Waals surface area (Å²) >= 11 is 0. The molecule has 1 unspecified atom stereocenters. The molecule has 10 aliphatic rings. The number of hydrogen-bond donors (Lipinski definition) is 1. The normalized spacial score (nSPS) is 50.4. The summed E-state index contributed by atoms with van der Waals surface area (Å²) in [6.07, 6.45) is 7.68. The van der Waals surface area contributed by atoms with Gasteiger partial charge in [-0.25, -0.2) is 0 Å². The van der Waals surface area contributed by atoms with E-state index in [0.717, 1.165) is 64.5 Å². The number of nitrogens with one attached hydrogen (secondary N) is 1. The highest BCUT2D eigenvalue weighted by atomic mass is 16.8. The summed E-state index contributed by atoms with van der Waals surface area (Å²) in [5, 5.41) is 3.39. The van der Waals surface area contributed by atoms with E-state index >= 15 is 0 Å². The molecule has 0 saturated carbocycles. The fraction of sp³-hybridized carbons (Fsp3) is 0.884. The Kier molecular flexibility index (Phi) is 11.4. The monoisotopic (exact) mass is 771 g/mol. The second kappa shape index (κ2) is 16.0. The first-order valence-corrected chi connectivity index (χ1v) is 21.6. The van der Waals surface area contributed by atoms with Crippen LogP contribution >= 0.6 is 0 Å². The Morgan fingerprint density at radius 3 is 2.45 bits per heavy atom. The first-order valence-electron chi connectivity index (χ1n) is 21.6. The number of methoxy groups -OCH3 is 1. The third-order valence-corrected chi connectivity index (χ3v) is 14.6. The molecule has 0 spiro atoms. The molecular formula is C43H65NO11. The molecule has 0 aromatic rings. The van der Waals surface area contributed by atoms with Gasteiger partial charge in [0, 0.05) is 58.2 Å². The van der Waals surface area contributed by atoms with Gasteiger partial charge < -0.3 is 52.7 Å². The molecule has 0 aromatic carbocycles. The van der Waals surface area contributed by atoms with Crippen molar-refractivity contribution in [2.24, 2.45) is 11.8 Å². The number of ketones is 1. The van der Waals surface area contributed by atoms with Crippen LogP contribution < -0.4 is 5.32 Å². The topological polar surface area (TPSA) is 121 Å². The van der Waals surface area contributed by atoms with Crippen LogP contribution in [-0.4, -0.2) is 136 Å². The molecule has 12 heteroatoms. The number of morpholine rings is 1. The minimum Gasteiger partial charge on any atom is -0.378 e. The standard InChI is InChI=1S/C43H65NO11/c1-22-15-28(48-25(4)24(22)3)7-9-33-23(2)16-30(50-33)11-12-43-20-36-39(54-43)40-41(53-36)42(55-43)38-34(52-40)10-8-29(51-38)17-27(45)18-32-26(5)49-35(37(32)46-6)19-31-21-44-13-14-47-31/h22,25-26,28-42,44H,2-3,7-21H2,1,4-6H3/t22-,25-,26+,28+,29-,30+,31+,32+,33+,34+,35-,36-,37-,38+,39+,40+,41?,42+,43+/m1/s1. The summed E-state index contributed by atoms with van der Waals surface area (Å²) < 4.78 is 65.1. The fourth-order valence-corrected chi connectivity index (χ4v) is 11.6. The van der Waals surface area contributed by atoms with Crippen LogP contribution in [0.5, 0.6) is 0 Å². The van der Waals surface area contributed by atoms with Crippen molar-refractivity contribution in [1.82, 2.24) is 5.32 Å². The molecule has 1 N–H and O–H groups in total. The second-order valence-electron chi connectivity index (χ2n) is 18.3. The van der Waals surface area contributed by atoms with E-state index in [1.165, 1.54) is 11.1 Å². The number of carbonyl (C=O) groups excluding carboxylic acids is 1. The number of ether oxygens (including phenoxy) is 10. The van der Waals surface area contributed by atoms with Crippen molar-refractivity contribution in [1.29, 1.82) is 0 Å². The minimum atomic E-state index is -0.774. The number of rotatable bonds is 13. The van der Waals surface area contributed by atoms with Crippen LogP contribution in [0.4, 0.5) is 0 Å². The zero-order valence-corrected chi connectivity index (χ0v) is 33.4. The van der Waals surface area contributed by atoms with Gasteiger partial charge in [-0.3, -0.25) is 4.79 Å². The Balaban J connectivity index is 0.787. The van der Waals surface area contributed by atoms with Crippen molar-refractivity contribution >= 4 is 5.78 Å². The maximum absolute atomic E-state index is 13.7. The van der Waals surface area contributed by atoms with E-state index in [2.05, 4.69) is 39.2 Å². The molecule has 308 valence electrons. The third-order valence-electron chi connectivity index (χ3n) is 14.6. The van der Waals surface area contributed by atoms with Gasteiger partial charge in [-0.2, -0.15) is 0 Å². The molecule has 55 heavy (non-hydrogen) atoms. The van der Waals surface area contributed by atoms with Crippen molar-refractivity contribution in [3.63, 3.8) is 0 Å². The maximum Gasteiger partial charge on any atom is 0.172 e. The molecule has 0 amide bonds. The van der Waals surface area contributed by atoms with Crippen LogP contribution in [0.1, 0.15) is 97.8 Å². The molecule has 10 heterocycles. The Bertz CT molecular complexity index is 1410. The van der Waals surface area contributed by atoms with Crippen molar-refractivity contribution in [2.75, 3.05) is 26.8 Å². The van der Waals surface area contributed by atoms with E-state index < -0.39 is 5.79 Å². The lowest BCUT2D eigenvalue weighted by atomic mass is 9.85. The van der Waals surface area contributed by atoms with Gasteiger partial charge in [-0.05, 0) is 75.9 Å². The van der Waals surface area contributed by atoms with Gasteiger partial charge >= 0.3 is 0 Å². The van der Waals surface area contributed by atoms with Crippen LogP contribution in [0.2, 0.25) is 0 Å². The summed E-state index contributed by atoms with van der Waals surface area (Å²) in [6.45, 7) is 17.4. The average Bonchev–Trinajstić information content (AvgIpc) is 3.84. The number of Topliss-reactive ketones (excluding diaryl/α,β-unsaturated/α-hetero) is 1. The SMILES string of the molecule is C=C1C[C@H](CC[C@@]23C[C@H]4OC5[C@@H](O[C@H]6CC[C@H](CC(=O)C[C@@H]7[C@@H](OC)[C@@H](C[C@H]8CNCCO8)O[C@H]7C)O[C@@H]6[C@@H]5O2)[C@H]4O3)O[C@H]1CC[C@H]1C[C@@H](C)C(=C)[C@@H](C)O1. The Morgan fingerprint density at radius 2 is 1.65 bits per heavy atom. The molecule has 0 aromatic heterocycles. The van der Waals surface area contributed by atoms with Crippen molar-refractivity contribution < 1.29 is 52.2 Å². The summed E-state index contributed by atoms with van der Waals surface area (Å²) in [5.41, 5.74) is 2.37. The quantitative estimate of drug-likeness (QED) is 0.261. The van der Waals surface area contributed by atoms with Crippen LogP contribution in [0.3, 0.4) is 0 Å². The number of carbonyl (C=O) groups is 1. The highest BCUT2D eigenvalue weighted by molar-refractivity contribution is 5.79. The Morgan fingerprint density at radius 1 is 0.836 bits per heavy atom. The van der Waals surface area contributed by atoms with Crippen molar-refractivity contribution in [3.8, 4) is 0 Å². The van der Waals surface area contributed by atoms with Gasteiger partial charge in [0.15, 0.2) is 5.79 Å². The molecule has 19 atom stereocenters. The molecule has 0 aliphatic carbocycles. The zero-order chi connectivity index (χ0) is 38.0. The molecule has 10 rings (SSSR count). The summed E-state index contributed by atoms with van der Waals surface area (Å²) in [6, 6.07) is 0. The molecule has 6 bridgehead atoms.